The quantitative estimate of drug-likeness (QED) is 0.431. The fraction of sp³-hybridized carbons (Fsp3) is 0.269. The molecule has 1 amide bonds. The van der Waals surface area contributed by atoms with E-state index in [1.807, 2.05) is 37.6 Å². The van der Waals surface area contributed by atoms with Gasteiger partial charge in [-0.2, -0.15) is 5.10 Å². The molecule has 34 heavy (non-hydrogen) atoms. The Morgan fingerprint density at radius 3 is 2.65 bits per heavy atom. The maximum atomic E-state index is 14.2. The van der Waals surface area contributed by atoms with E-state index < -0.39 is 17.0 Å². The van der Waals surface area contributed by atoms with Gasteiger partial charge in [0.1, 0.15) is 11.6 Å². The lowest BCUT2D eigenvalue weighted by molar-refractivity contribution is 0.0652. The molecule has 0 fully saturated rings. The minimum Gasteiger partial charge on any atom is -0.355 e. The molecule has 174 valence electrons. The van der Waals surface area contributed by atoms with Crippen LogP contribution in [0, 0.1) is 17.6 Å². The number of carbonyl (C=O) groups excluding carboxylic acids is 1. The summed E-state index contributed by atoms with van der Waals surface area (Å²) >= 11 is 0. The largest absolute Gasteiger partial charge is 0.355 e. The van der Waals surface area contributed by atoms with Gasteiger partial charge >= 0.3 is 0 Å². The van der Waals surface area contributed by atoms with E-state index in [0.29, 0.717) is 13.1 Å². The molecule has 0 radical (unpaired) electrons. The van der Waals surface area contributed by atoms with E-state index in [-0.39, 0.29) is 28.8 Å². The molecule has 8 heteroatoms. The van der Waals surface area contributed by atoms with Crippen molar-refractivity contribution in [2.75, 3.05) is 6.54 Å². The average molecular weight is 463 g/mol. The van der Waals surface area contributed by atoms with E-state index in [1.54, 1.807) is 9.58 Å². The second-order valence-electron chi connectivity index (χ2n) is 9.05. The van der Waals surface area contributed by atoms with Crippen LogP contribution >= 0.6 is 0 Å². The Kier molecular flexibility index (Phi) is 5.31. The van der Waals surface area contributed by atoms with Crippen LogP contribution in [-0.4, -0.2) is 32.3 Å². The van der Waals surface area contributed by atoms with Gasteiger partial charge in [-0.15, -0.1) is 0 Å². The number of nitrogens with zero attached hydrogens (tertiary/aromatic N) is 4. The van der Waals surface area contributed by atoms with Gasteiger partial charge in [0, 0.05) is 49.4 Å². The number of fused-ring (bicyclic) bond motifs is 1. The summed E-state index contributed by atoms with van der Waals surface area (Å²) in [5.74, 6) is -1.56. The standard InChI is InChI=1S/C26H24F2N4O2/c1-16(2)26(18-12-29-31(3)14-18)15-32(13-17-6-4-5-7-21(17)26)25(33)23-11-24(34-30-23)20-9-8-19(27)10-22(20)28/h4-12,14,16H,13,15H2,1-3H3. The first kappa shape index (κ1) is 22.0. The second kappa shape index (κ2) is 8.20. The average Bonchev–Trinajstić information content (AvgIpc) is 3.47. The summed E-state index contributed by atoms with van der Waals surface area (Å²) in [7, 11) is 1.88. The number of halogens is 2. The van der Waals surface area contributed by atoms with Gasteiger partial charge in [-0.3, -0.25) is 9.48 Å². The summed E-state index contributed by atoms with van der Waals surface area (Å²) in [4.78, 5) is 15.3. The summed E-state index contributed by atoms with van der Waals surface area (Å²) < 4.78 is 34.5. The van der Waals surface area contributed by atoms with Crippen LogP contribution in [0.3, 0.4) is 0 Å². The summed E-state index contributed by atoms with van der Waals surface area (Å²) in [6, 6.07) is 12.7. The summed E-state index contributed by atoms with van der Waals surface area (Å²) in [5, 5.41) is 8.31. The van der Waals surface area contributed by atoms with E-state index in [9.17, 15) is 13.6 Å². The highest BCUT2D eigenvalue weighted by atomic mass is 19.1. The Morgan fingerprint density at radius 1 is 1.15 bits per heavy atom. The van der Waals surface area contributed by atoms with E-state index in [4.69, 9.17) is 4.52 Å². The van der Waals surface area contributed by atoms with Crippen molar-refractivity contribution < 1.29 is 18.1 Å². The molecule has 2 aromatic carbocycles. The first-order valence-corrected chi connectivity index (χ1v) is 11.1. The van der Waals surface area contributed by atoms with Crippen molar-refractivity contribution >= 4 is 5.91 Å². The number of aryl methyl sites for hydroxylation is 1. The molecule has 0 saturated heterocycles. The number of amides is 1. The fourth-order valence-electron chi connectivity index (χ4n) is 4.96. The topological polar surface area (TPSA) is 64.2 Å². The Hall–Kier alpha value is -3.81. The van der Waals surface area contributed by atoms with Crippen LogP contribution in [0.15, 0.2) is 65.4 Å². The van der Waals surface area contributed by atoms with Gasteiger partial charge in [-0.05, 0) is 29.2 Å². The lowest BCUT2D eigenvalue weighted by Gasteiger charge is -2.46. The van der Waals surface area contributed by atoms with Crippen molar-refractivity contribution in [3.05, 3.63) is 94.9 Å². The highest BCUT2D eigenvalue weighted by molar-refractivity contribution is 5.93. The van der Waals surface area contributed by atoms with Crippen LogP contribution in [-0.2, 0) is 19.0 Å². The van der Waals surface area contributed by atoms with E-state index in [1.165, 1.54) is 17.7 Å². The zero-order valence-electron chi connectivity index (χ0n) is 19.1. The number of rotatable bonds is 4. The fourth-order valence-corrected chi connectivity index (χ4v) is 4.96. The second-order valence-corrected chi connectivity index (χ2v) is 9.05. The number of hydrogen-bond acceptors (Lipinski definition) is 4. The van der Waals surface area contributed by atoms with Crippen LogP contribution in [0.4, 0.5) is 8.78 Å². The van der Waals surface area contributed by atoms with Crippen molar-refractivity contribution in [3.8, 4) is 11.3 Å². The van der Waals surface area contributed by atoms with Crippen molar-refractivity contribution in [2.24, 2.45) is 13.0 Å². The zero-order valence-corrected chi connectivity index (χ0v) is 19.1. The van der Waals surface area contributed by atoms with Gasteiger partial charge in [0.05, 0.1) is 11.8 Å². The summed E-state index contributed by atoms with van der Waals surface area (Å²) in [6.45, 7) is 5.13. The Balaban J connectivity index is 1.54. The summed E-state index contributed by atoms with van der Waals surface area (Å²) in [5.41, 5.74) is 2.91. The van der Waals surface area contributed by atoms with Gasteiger partial charge in [0.2, 0.25) is 0 Å². The minimum absolute atomic E-state index is 0.0452. The van der Waals surface area contributed by atoms with Crippen molar-refractivity contribution in [1.82, 2.24) is 19.8 Å². The van der Waals surface area contributed by atoms with Crippen molar-refractivity contribution in [3.63, 3.8) is 0 Å². The van der Waals surface area contributed by atoms with Gasteiger partial charge in [0.15, 0.2) is 11.5 Å². The third-order valence-electron chi connectivity index (χ3n) is 6.72. The third kappa shape index (κ3) is 3.50. The third-order valence-corrected chi connectivity index (χ3v) is 6.72. The van der Waals surface area contributed by atoms with Gasteiger partial charge < -0.3 is 9.42 Å². The van der Waals surface area contributed by atoms with Crippen LogP contribution in [0.1, 0.15) is 41.0 Å². The molecule has 0 N–H and O–H groups in total. The van der Waals surface area contributed by atoms with E-state index in [0.717, 1.165) is 23.3 Å². The molecule has 2 aromatic heterocycles. The first-order chi connectivity index (χ1) is 16.3. The molecule has 1 aliphatic rings. The number of benzene rings is 2. The van der Waals surface area contributed by atoms with E-state index in [2.05, 4.69) is 30.2 Å². The predicted octanol–water partition coefficient (Wildman–Crippen LogP) is 4.95. The van der Waals surface area contributed by atoms with Gasteiger partial charge in [-0.1, -0.05) is 43.3 Å². The Bertz CT molecular complexity index is 1380. The number of aromatic nitrogens is 3. The normalized spacial score (nSPS) is 17.8. The lowest BCUT2D eigenvalue weighted by Crippen LogP contribution is -2.51. The SMILES string of the molecule is CC(C)C1(c2cnn(C)c2)CN(C(=O)c2cc(-c3ccc(F)cc3F)on2)Cc2ccccc21. The van der Waals surface area contributed by atoms with Crippen molar-refractivity contribution in [1.29, 1.82) is 0 Å². The van der Waals surface area contributed by atoms with Crippen molar-refractivity contribution in [2.45, 2.75) is 25.8 Å². The molecule has 1 unspecified atom stereocenters. The molecule has 0 saturated carbocycles. The van der Waals surface area contributed by atoms with Crippen LogP contribution < -0.4 is 0 Å². The first-order valence-electron chi connectivity index (χ1n) is 11.1. The molecule has 1 atom stereocenters. The van der Waals surface area contributed by atoms with E-state index >= 15 is 0 Å². The molecule has 0 spiro atoms. The molecule has 1 aliphatic heterocycles. The predicted molar refractivity (Wildman–Crippen MR) is 122 cm³/mol. The zero-order chi connectivity index (χ0) is 24.0. The summed E-state index contributed by atoms with van der Waals surface area (Å²) in [6.07, 6.45) is 3.85. The Morgan fingerprint density at radius 2 is 1.94 bits per heavy atom. The lowest BCUT2D eigenvalue weighted by atomic mass is 9.64. The molecule has 4 aromatic rings. The molecule has 5 rings (SSSR count). The van der Waals surface area contributed by atoms with Gasteiger partial charge in [0.25, 0.3) is 5.91 Å². The smallest absolute Gasteiger partial charge is 0.276 e. The molecule has 0 aliphatic carbocycles. The molecule has 3 heterocycles. The van der Waals surface area contributed by atoms with Crippen LogP contribution in [0.2, 0.25) is 0 Å². The Labute approximate surface area is 195 Å². The molecule has 6 nitrogen and oxygen atoms in total. The highest BCUT2D eigenvalue weighted by Crippen LogP contribution is 2.45. The molecular weight excluding hydrogens is 438 g/mol. The van der Waals surface area contributed by atoms with Gasteiger partial charge in [-0.25, -0.2) is 8.78 Å². The maximum absolute atomic E-state index is 14.2. The maximum Gasteiger partial charge on any atom is 0.276 e. The minimum atomic E-state index is -0.780. The van der Waals surface area contributed by atoms with Crippen LogP contribution in [0.25, 0.3) is 11.3 Å². The van der Waals surface area contributed by atoms with Crippen LogP contribution in [0.5, 0.6) is 0 Å². The number of hydrogen-bond donors (Lipinski definition) is 0. The highest BCUT2D eigenvalue weighted by Gasteiger charge is 2.46. The molecule has 0 bridgehead atoms. The monoisotopic (exact) mass is 462 g/mol. The molecular formula is C26H24F2N4O2. The number of carbonyl (C=O) groups is 1.